The van der Waals surface area contributed by atoms with Crippen molar-refractivity contribution in [1.82, 2.24) is 14.9 Å². The number of pyridine rings is 2. The first kappa shape index (κ1) is 20.5. The Balaban J connectivity index is 1.54. The summed E-state index contributed by atoms with van der Waals surface area (Å²) in [6.07, 6.45) is 3.83. The van der Waals surface area contributed by atoms with Crippen LogP contribution < -0.4 is 0 Å². The van der Waals surface area contributed by atoms with Crippen LogP contribution in [-0.4, -0.2) is 45.1 Å². The van der Waals surface area contributed by atoms with Crippen molar-refractivity contribution in [2.75, 3.05) is 6.54 Å². The maximum atomic E-state index is 13.6. The summed E-state index contributed by atoms with van der Waals surface area (Å²) in [4.78, 5) is 34.5. The van der Waals surface area contributed by atoms with Crippen molar-refractivity contribution in [3.05, 3.63) is 60.6 Å². The number of benzene rings is 1. The van der Waals surface area contributed by atoms with Gasteiger partial charge in [-0.05, 0) is 41.5 Å². The molecule has 156 valence electrons. The molecule has 2 aromatic heterocycles. The van der Waals surface area contributed by atoms with Crippen LogP contribution in [0.4, 0.5) is 8.78 Å². The zero-order valence-corrected chi connectivity index (χ0v) is 16.5. The van der Waals surface area contributed by atoms with Crippen LogP contribution in [0.3, 0.4) is 0 Å². The van der Waals surface area contributed by atoms with Crippen molar-refractivity contribution in [3.63, 3.8) is 0 Å². The predicted octanol–water partition coefficient (Wildman–Crippen LogP) is 4.02. The number of Topliss-reactive ketones (excluding diaryl/α,β-unsaturated/α-hetero) is 1. The van der Waals surface area contributed by atoms with Crippen molar-refractivity contribution in [2.45, 2.75) is 31.2 Å². The Morgan fingerprint density at radius 1 is 1.10 bits per heavy atom. The molecule has 0 radical (unpaired) electrons. The molecule has 0 N–H and O–H groups in total. The lowest BCUT2D eigenvalue weighted by Gasteiger charge is -2.18. The van der Waals surface area contributed by atoms with Gasteiger partial charge in [0.15, 0.2) is 5.78 Å². The van der Waals surface area contributed by atoms with Crippen molar-refractivity contribution < 1.29 is 18.4 Å². The zero-order valence-electron chi connectivity index (χ0n) is 16.5. The zero-order chi connectivity index (χ0) is 22.0. The van der Waals surface area contributed by atoms with Crippen LogP contribution in [-0.2, 0) is 4.79 Å². The van der Waals surface area contributed by atoms with Crippen LogP contribution in [0.2, 0.25) is 0 Å². The van der Waals surface area contributed by atoms with Crippen LogP contribution in [0, 0.1) is 11.3 Å². The highest BCUT2D eigenvalue weighted by atomic mass is 19.3. The summed E-state index contributed by atoms with van der Waals surface area (Å²) in [6.45, 7) is -0.786. The lowest BCUT2D eigenvalue weighted by Crippen LogP contribution is -2.36. The average molecular weight is 420 g/mol. The van der Waals surface area contributed by atoms with Gasteiger partial charge in [0.1, 0.15) is 6.04 Å². The molecule has 1 aliphatic rings. The maximum absolute atomic E-state index is 13.6. The van der Waals surface area contributed by atoms with E-state index in [1.807, 2.05) is 30.3 Å². The van der Waals surface area contributed by atoms with Crippen LogP contribution in [0.25, 0.3) is 22.0 Å². The molecular formula is C23H18F2N4O2. The van der Waals surface area contributed by atoms with Gasteiger partial charge in [-0.15, -0.1) is 0 Å². The quantitative estimate of drug-likeness (QED) is 0.582. The standard InChI is InChI=1S/C23H18F2N4O2/c24-23(25)12-17(13-26)29(14-23)22(31)4-3-21(30)18-7-10-28-20-2-1-16(11-19(18)20)15-5-8-27-9-6-15/h1-2,5-11,17H,3-4,12,14H2/t17-/m0/s1. The molecule has 0 saturated carbocycles. The highest BCUT2D eigenvalue weighted by Crippen LogP contribution is 2.32. The Labute approximate surface area is 177 Å². The molecular weight excluding hydrogens is 402 g/mol. The first-order valence-electron chi connectivity index (χ1n) is 9.77. The highest BCUT2D eigenvalue weighted by molar-refractivity contribution is 6.08. The van der Waals surface area contributed by atoms with E-state index in [1.54, 1.807) is 24.5 Å². The number of nitriles is 1. The van der Waals surface area contributed by atoms with Gasteiger partial charge < -0.3 is 4.90 Å². The monoisotopic (exact) mass is 420 g/mol. The second kappa shape index (κ2) is 8.19. The summed E-state index contributed by atoms with van der Waals surface area (Å²) < 4.78 is 27.2. The Kier molecular flexibility index (Phi) is 5.42. The molecule has 1 amide bonds. The summed E-state index contributed by atoms with van der Waals surface area (Å²) in [5.74, 6) is -3.98. The SMILES string of the molecule is N#C[C@@H]1CC(F)(F)CN1C(=O)CCC(=O)c1ccnc2ccc(-c3ccncc3)cc12. The second-order valence-corrected chi connectivity index (χ2v) is 7.48. The van der Waals surface area contributed by atoms with Crippen molar-refractivity contribution in [2.24, 2.45) is 0 Å². The van der Waals surface area contributed by atoms with Gasteiger partial charge >= 0.3 is 0 Å². The molecule has 8 heteroatoms. The number of hydrogen-bond acceptors (Lipinski definition) is 5. The minimum atomic E-state index is -3.08. The third-order valence-corrected chi connectivity index (χ3v) is 5.36. The smallest absolute Gasteiger partial charge is 0.268 e. The average Bonchev–Trinajstić information content (AvgIpc) is 3.11. The second-order valence-electron chi connectivity index (χ2n) is 7.48. The summed E-state index contributed by atoms with van der Waals surface area (Å²) >= 11 is 0. The van der Waals surface area contributed by atoms with E-state index in [1.165, 1.54) is 6.20 Å². The number of rotatable bonds is 5. The fourth-order valence-electron chi connectivity index (χ4n) is 3.81. The van der Waals surface area contributed by atoms with Gasteiger partial charge in [0.25, 0.3) is 5.92 Å². The number of alkyl halides is 2. The van der Waals surface area contributed by atoms with Crippen LogP contribution in [0.15, 0.2) is 55.0 Å². The third kappa shape index (κ3) is 4.26. The number of likely N-dealkylation sites (tertiary alicyclic amines) is 1. The minimum absolute atomic E-state index is 0.141. The molecule has 31 heavy (non-hydrogen) atoms. The van der Waals surface area contributed by atoms with E-state index >= 15 is 0 Å². The summed E-state index contributed by atoms with van der Waals surface area (Å²) in [7, 11) is 0. The van der Waals surface area contributed by atoms with E-state index < -0.39 is 30.8 Å². The number of carbonyl (C=O) groups is 2. The lowest BCUT2D eigenvalue weighted by molar-refractivity contribution is -0.132. The molecule has 4 rings (SSSR count). The van der Waals surface area contributed by atoms with Gasteiger partial charge in [-0.3, -0.25) is 19.6 Å². The Morgan fingerprint density at radius 3 is 2.61 bits per heavy atom. The molecule has 0 unspecified atom stereocenters. The molecule has 1 saturated heterocycles. The predicted molar refractivity (Wildman–Crippen MR) is 109 cm³/mol. The fraction of sp³-hybridized carbons (Fsp3) is 0.261. The molecule has 0 bridgehead atoms. The molecule has 6 nitrogen and oxygen atoms in total. The number of aromatic nitrogens is 2. The molecule has 1 aliphatic heterocycles. The van der Waals surface area contributed by atoms with Crippen molar-refractivity contribution >= 4 is 22.6 Å². The van der Waals surface area contributed by atoms with Crippen molar-refractivity contribution in [3.8, 4) is 17.2 Å². The first-order chi connectivity index (χ1) is 14.9. The summed E-state index contributed by atoms with van der Waals surface area (Å²) in [6, 6.07) is 11.5. The van der Waals surface area contributed by atoms with Gasteiger partial charge in [0.2, 0.25) is 5.91 Å². The molecule has 1 aromatic carbocycles. The Morgan fingerprint density at radius 2 is 1.87 bits per heavy atom. The van der Waals surface area contributed by atoms with E-state index in [9.17, 15) is 18.4 Å². The summed E-state index contributed by atoms with van der Waals surface area (Å²) in [5.41, 5.74) is 2.88. The number of carbonyl (C=O) groups excluding carboxylic acids is 2. The van der Waals surface area contributed by atoms with Gasteiger partial charge in [-0.2, -0.15) is 5.26 Å². The molecule has 0 spiro atoms. The van der Waals surface area contributed by atoms with E-state index in [2.05, 4.69) is 9.97 Å². The van der Waals surface area contributed by atoms with E-state index in [0.717, 1.165) is 16.0 Å². The molecule has 1 fully saturated rings. The number of nitrogens with zero attached hydrogens (tertiary/aromatic N) is 4. The third-order valence-electron chi connectivity index (χ3n) is 5.36. The topological polar surface area (TPSA) is 87.0 Å². The number of hydrogen-bond donors (Lipinski definition) is 0. The number of amides is 1. The Bertz CT molecular complexity index is 1190. The maximum Gasteiger partial charge on any atom is 0.268 e. The van der Waals surface area contributed by atoms with Gasteiger partial charge in [0.05, 0.1) is 18.1 Å². The molecule has 3 heterocycles. The highest BCUT2D eigenvalue weighted by Gasteiger charge is 2.47. The largest absolute Gasteiger partial charge is 0.320 e. The fourth-order valence-corrected chi connectivity index (χ4v) is 3.81. The normalized spacial score (nSPS) is 17.5. The van der Waals surface area contributed by atoms with Crippen LogP contribution >= 0.6 is 0 Å². The van der Waals surface area contributed by atoms with Gasteiger partial charge in [-0.1, -0.05) is 6.07 Å². The molecule has 1 atom stereocenters. The lowest BCUT2D eigenvalue weighted by atomic mass is 9.98. The van der Waals surface area contributed by atoms with Crippen molar-refractivity contribution in [1.29, 1.82) is 5.26 Å². The van der Waals surface area contributed by atoms with Gasteiger partial charge in [-0.25, -0.2) is 8.78 Å². The number of halogens is 2. The van der Waals surface area contributed by atoms with E-state index in [-0.39, 0.29) is 18.6 Å². The van der Waals surface area contributed by atoms with Gasteiger partial charge in [0, 0.05) is 48.8 Å². The van der Waals surface area contributed by atoms with Crippen LogP contribution in [0.1, 0.15) is 29.6 Å². The number of fused-ring (bicyclic) bond motifs is 1. The number of ketones is 1. The molecule has 3 aromatic rings. The molecule has 0 aliphatic carbocycles. The minimum Gasteiger partial charge on any atom is -0.320 e. The van der Waals surface area contributed by atoms with Crippen LogP contribution in [0.5, 0.6) is 0 Å². The Hall–Kier alpha value is -3.73. The first-order valence-corrected chi connectivity index (χ1v) is 9.77. The van der Waals surface area contributed by atoms with E-state index in [0.29, 0.717) is 16.5 Å². The summed E-state index contributed by atoms with van der Waals surface area (Å²) in [5, 5.41) is 9.71. The van der Waals surface area contributed by atoms with E-state index in [4.69, 9.17) is 5.26 Å².